The number of carbonyl (C=O) groups is 1. The third-order valence-corrected chi connectivity index (χ3v) is 6.25. The normalized spacial score (nSPS) is 11.5. The molecular weight excluding hydrogens is 412 g/mol. The molecule has 2 aromatic carbocycles. The second kappa shape index (κ2) is 8.76. The van der Waals surface area contributed by atoms with Gasteiger partial charge in [-0.3, -0.25) is 9.78 Å². The Kier molecular flexibility index (Phi) is 5.72. The zero-order valence-electron chi connectivity index (χ0n) is 16.3. The summed E-state index contributed by atoms with van der Waals surface area (Å²) in [5, 5.41) is 6.83. The number of amides is 1. The summed E-state index contributed by atoms with van der Waals surface area (Å²) in [6.07, 6.45) is 9.77. The fourth-order valence-corrected chi connectivity index (χ4v) is 4.14. The van der Waals surface area contributed by atoms with Crippen LogP contribution in [0.2, 0.25) is 0 Å². The molecule has 8 heteroatoms. The Bertz CT molecular complexity index is 1300. The van der Waals surface area contributed by atoms with Crippen LogP contribution in [0, 0.1) is 0 Å². The summed E-state index contributed by atoms with van der Waals surface area (Å²) in [6.45, 7) is 0. The van der Waals surface area contributed by atoms with Crippen LogP contribution in [0.5, 0.6) is 0 Å². The summed E-state index contributed by atoms with van der Waals surface area (Å²) >= 11 is 0. The molecule has 0 unspecified atom stereocenters. The van der Waals surface area contributed by atoms with Crippen molar-refractivity contribution >= 4 is 27.5 Å². The second-order valence-corrected chi connectivity index (χ2v) is 8.53. The van der Waals surface area contributed by atoms with Crippen LogP contribution in [0.3, 0.4) is 0 Å². The maximum Gasteiger partial charge on any atom is 0.248 e. The van der Waals surface area contributed by atoms with Crippen LogP contribution in [0.25, 0.3) is 11.8 Å². The number of hydrogen-bond acceptors (Lipinski definition) is 5. The average molecular weight is 430 g/mol. The molecule has 0 atom stereocenters. The number of sulfone groups is 1. The van der Waals surface area contributed by atoms with Gasteiger partial charge >= 0.3 is 0 Å². The molecule has 154 valence electrons. The molecule has 0 aliphatic carbocycles. The third-order valence-electron chi connectivity index (χ3n) is 4.46. The lowest BCUT2D eigenvalue weighted by Gasteiger charge is -2.08. The first kappa shape index (κ1) is 20.2. The van der Waals surface area contributed by atoms with Crippen LogP contribution in [-0.4, -0.2) is 29.1 Å². The Hall–Kier alpha value is -4.04. The van der Waals surface area contributed by atoms with E-state index in [1.807, 2.05) is 6.07 Å². The van der Waals surface area contributed by atoms with Gasteiger partial charge in [0, 0.05) is 36.6 Å². The smallest absolute Gasteiger partial charge is 0.248 e. The SMILES string of the molecule is O=C(/C=C/c1cccnc1)Nc1ccc(S(=O)(=O)c2ccc(-n3cccn3)cc2)cc1. The Labute approximate surface area is 179 Å². The Morgan fingerprint density at radius 2 is 1.61 bits per heavy atom. The van der Waals surface area contributed by atoms with Crippen LogP contribution >= 0.6 is 0 Å². The van der Waals surface area contributed by atoms with Gasteiger partial charge in [0.15, 0.2) is 0 Å². The molecule has 0 aliphatic rings. The molecule has 1 amide bonds. The van der Waals surface area contributed by atoms with Crippen molar-refractivity contribution < 1.29 is 13.2 Å². The van der Waals surface area contributed by atoms with Crippen molar-refractivity contribution in [2.45, 2.75) is 9.79 Å². The van der Waals surface area contributed by atoms with Crippen LogP contribution in [-0.2, 0) is 14.6 Å². The number of pyridine rings is 1. The first-order valence-corrected chi connectivity index (χ1v) is 10.8. The molecule has 7 nitrogen and oxygen atoms in total. The van der Waals surface area contributed by atoms with Gasteiger partial charge in [-0.25, -0.2) is 13.1 Å². The molecule has 0 spiro atoms. The van der Waals surface area contributed by atoms with Crippen molar-refractivity contribution in [1.82, 2.24) is 14.8 Å². The van der Waals surface area contributed by atoms with Gasteiger partial charge in [-0.15, -0.1) is 0 Å². The van der Waals surface area contributed by atoms with Gasteiger partial charge in [-0.05, 0) is 72.3 Å². The fourth-order valence-electron chi connectivity index (χ4n) is 2.88. The molecule has 0 aliphatic heterocycles. The van der Waals surface area contributed by atoms with Gasteiger partial charge in [-0.1, -0.05) is 6.07 Å². The Morgan fingerprint density at radius 1 is 0.903 bits per heavy atom. The Balaban J connectivity index is 1.45. The molecule has 4 rings (SSSR count). The summed E-state index contributed by atoms with van der Waals surface area (Å²) in [5.41, 5.74) is 2.06. The van der Waals surface area contributed by atoms with Gasteiger partial charge in [0.2, 0.25) is 15.7 Å². The highest BCUT2D eigenvalue weighted by Crippen LogP contribution is 2.23. The zero-order chi connectivity index (χ0) is 21.7. The number of anilines is 1. The molecule has 1 N–H and O–H groups in total. The van der Waals surface area contributed by atoms with Crippen molar-refractivity contribution in [3.63, 3.8) is 0 Å². The maximum absolute atomic E-state index is 12.9. The number of hydrogen-bond donors (Lipinski definition) is 1. The molecule has 0 saturated heterocycles. The highest BCUT2D eigenvalue weighted by atomic mass is 32.2. The minimum absolute atomic E-state index is 0.142. The molecule has 0 saturated carbocycles. The van der Waals surface area contributed by atoms with Gasteiger partial charge in [-0.2, -0.15) is 5.10 Å². The van der Waals surface area contributed by atoms with Crippen molar-refractivity contribution in [3.8, 4) is 5.69 Å². The number of carbonyl (C=O) groups excluding carboxylic acids is 1. The topological polar surface area (TPSA) is 94.0 Å². The van der Waals surface area contributed by atoms with Gasteiger partial charge in [0.25, 0.3) is 0 Å². The molecular formula is C23H18N4O3S. The second-order valence-electron chi connectivity index (χ2n) is 6.58. The van der Waals surface area contributed by atoms with E-state index < -0.39 is 9.84 Å². The lowest BCUT2D eigenvalue weighted by atomic mass is 10.2. The Morgan fingerprint density at radius 3 is 2.23 bits per heavy atom. The predicted octanol–water partition coefficient (Wildman–Crippen LogP) is 3.75. The van der Waals surface area contributed by atoms with Crippen LogP contribution < -0.4 is 5.32 Å². The van der Waals surface area contributed by atoms with Crippen molar-refractivity contribution in [3.05, 3.63) is 103 Å². The van der Waals surface area contributed by atoms with Gasteiger partial charge in [0.1, 0.15) is 0 Å². The van der Waals surface area contributed by atoms with Gasteiger partial charge in [0.05, 0.1) is 15.5 Å². The van der Waals surface area contributed by atoms with Crippen molar-refractivity contribution in [1.29, 1.82) is 0 Å². The van der Waals surface area contributed by atoms with Crippen molar-refractivity contribution in [2.75, 3.05) is 5.32 Å². The highest BCUT2D eigenvalue weighted by molar-refractivity contribution is 7.91. The minimum atomic E-state index is -3.68. The van der Waals surface area contributed by atoms with Crippen LogP contribution in [0.1, 0.15) is 5.56 Å². The lowest BCUT2D eigenvalue weighted by Crippen LogP contribution is -2.08. The van der Waals surface area contributed by atoms with E-state index in [0.29, 0.717) is 5.69 Å². The molecule has 2 aromatic heterocycles. The summed E-state index contributed by atoms with van der Waals surface area (Å²) in [7, 11) is -3.68. The molecule has 0 radical (unpaired) electrons. The van der Waals surface area contributed by atoms with E-state index in [0.717, 1.165) is 11.3 Å². The molecule has 2 heterocycles. The van der Waals surface area contributed by atoms with E-state index in [9.17, 15) is 13.2 Å². The average Bonchev–Trinajstić information content (AvgIpc) is 3.34. The maximum atomic E-state index is 12.9. The number of benzene rings is 2. The summed E-state index contributed by atoms with van der Waals surface area (Å²) in [6, 6.07) is 17.9. The molecule has 0 fully saturated rings. The quantitative estimate of drug-likeness (QED) is 0.470. The van der Waals surface area contributed by atoms with Crippen LogP contribution in [0.15, 0.2) is 107 Å². The van der Waals surface area contributed by atoms with E-state index in [1.54, 1.807) is 84.1 Å². The zero-order valence-corrected chi connectivity index (χ0v) is 17.1. The van der Waals surface area contributed by atoms with E-state index in [-0.39, 0.29) is 15.7 Å². The summed E-state index contributed by atoms with van der Waals surface area (Å²) in [5.74, 6) is -0.325. The van der Waals surface area contributed by atoms with E-state index in [4.69, 9.17) is 0 Å². The van der Waals surface area contributed by atoms with Crippen molar-refractivity contribution in [2.24, 2.45) is 0 Å². The molecule has 4 aromatic rings. The summed E-state index contributed by atoms with van der Waals surface area (Å²) < 4.78 is 27.4. The van der Waals surface area contributed by atoms with E-state index in [2.05, 4.69) is 15.4 Å². The van der Waals surface area contributed by atoms with E-state index >= 15 is 0 Å². The van der Waals surface area contributed by atoms with Crippen LogP contribution in [0.4, 0.5) is 5.69 Å². The first-order valence-electron chi connectivity index (χ1n) is 9.37. The largest absolute Gasteiger partial charge is 0.323 e. The fraction of sp³-hybridized carbons (Fsp3) is 0. The third kappa shape index (κ3) is 4.76. The first-order chi connectivity index (χ1) is 15.0. The number of rotatable bonds is 6. The molecule has 0 bridgehead atoms. The monoisotopic (exact) mass is 430 g/mol. The standard InChI is InChI=1S/C23H18N4O3S/c28-23(13-4-18-3-1-14-24-17-18)26-19-5-9-21(10-6-19)31(29,30)22-11-7-20(8-12-22)27-16-2-15-25-27/h1-17H,(H,26,28)/b13-4+. The minimum Gasteiger partial charge on any atom is -0.323 e. The predicted molar refractivity (Wildman–Crippen MR) is 117 cm³/mol. The highest BCUT2D eigenvalue weighted by Gasteiger charge is 2.17. The lowest BCUT2D eigenvalue weighted by molar-refractivity contribution is -0.111. The molecule has 31 heavy (non-hydrogen) atoms. The van der Waals surface area contributed by atoms with E-state index in [1.165, 1.54) is 18.2 Å². The summed E-state index contributed by atoms with van der Waals surface area (Å²) in [4.78, 5) is 16.4. The number of nitrogens with zero attached hydrogens (tertiary/aromatic N) is 3. The number of nitrogens with one attached hydrogen (secondary N) is 1. The number of aromatic nitrogens is 3. The van der Waals surface area contributed by atoms with Gasteiger partial charge < -0.3 is 5.32 Å².